The van der Waals surface area contributed by atoms with Crippen molar-refractivity contribution in [1.29, 1.82) is 0 Å². The molecular formula is C16H17NO4S. The highest BCUT2D eigenvalue weighted by atomic mass is 32.2. The van der Waals surface area contributed by atoms with Crippen LogP contribution in [0.2, 0.25) is 0 Å². The zero-order valence-electron chi connectivity index (χ0n) is 12.7. The van der Waals surface area contributed by atoms with Crippen LogP contribution in [0.5, 0.6) is 0 Å². The van der Waals surface area contributed by atoms with Crippen molar-refractivity contribution in [2.75, 3.05) is 6.54 Å². The predicted octanol–water partition coefficient (Wildman–Crippen LogP) is 2.98. The number of carbonyl (C=O) groups excluding carboxylic acids is 3. The van der Waals surface area contributed by atoms with Gasteiger partial charge in [-0.1, -0.05) is 24.3 Å². The Hall–Kier alpha value is -2.08. The van der Waals surface area contributed by atoms with Crippen LogP contribution in [-0.2, 0) is 14.3 Å². The fourth-order valence-electron chi connectivity index (χ4n) is 1.96. The van der Waals surface area contributed by atoms with Crippen LogP contribution >= 0.6 is 11.8 Å². The van der Waals surface area contributed by atoms with Crippen LogP contribution in [0, 0.1) is 6.92 Å². The van der Waals surface area contributed by atoms with E-state index in [4.69, 9.17) is 4.74 Å². The molecule has 0 aromatic heterocycles. The Morgan fingerprint density at radius 2 is 2.00 bits per heavy atom. The second-order valence-electron chi connectivity index (χ2n) is 5.16. The molecule has 0 atom stereocenters. The number of thioether (sulfide) groups is 1. The lowest BCUT2D eigenvalue weighted by Gasteiger charge is -2.13. The van der Waals surface area contributed by atoms with E-state index in [1.54, 1.807) is 19.9 Å². The number of rotatable bonds is 4. The summed E-state index contributed by atoms with van der Waals surface area (Å²) in [5.74, 6) is -1.05. The van der Waals surface area contributed by atoms with Gasteiger partial charge in [0, 0.05) is 0 Å². The first-order valence-corrected chi connectivity index (χ1v) is 7.70. The van der Waals surface area contributed by atoms with Gasteiger partial charge >= 0.3 is 5.97 Å². The van der Waals surface area contributed by atoms with E-state index < -0.39 is 17.1 Å². The zero-order chi connectivity index (χ0) is 16.3. The van der Waals surface area contributed by atoms with Gasteiger partial charge in [0.1, 0.15) is 6.54 Å². The first kappa shape index (κ1) is 16.3. The standard InChI is InChI=1S/C16H17NO4S/c1-10(2)21-14(18)9-17-15(19)13(22-16(17)20)8-12-7-5-4-6-11(12)3/h4-8,10H,9H2,1-3H3/b13-8+. The third kappa shape index (κ3) is 3.76. The van der Waals surface area contributed by atoms with E-state index in [2.05, 4.69) is 0 Å². The fourth-order valence-corrected chi connectivity index (χ4v) is 2.78. The number of esters is 1. The highest BCUT2D eigenvalue weighted by Crippen LogP contribution is 2.32. The minimum absolute atomic E-state index is 0.282. The third-order valence-corrected chi connectivity index (χ3v) is 3.91. The smallest absolute Gasteiger partial charge is 0.326 e. The number of imide groups is 1. The summed E-state index contributed by atoms with van der Waals surface area (Å²) < 4.78 is 4.97. The van der Waals surface area contributed by atoms with Crippen molar-refractivity contribution in [3.8, 4) is 0 Å². The number of benzene rings is 1. The molecule has 1 aromatic carbocycles. The van der Waals surface area contributed by atoms with Crippen molar-refractivity contribution in [2.24, 2.45) is 0 Å². The van der Waals surface area contributed by atoms with E-state index in [0.29, 0.717) is 4.91 Å². The Labute approximate surface area is 133 Å². The summed E-state index contributed by atoms with van der Waals surface area (Å²) in [6.07, 6.45) is 1.39. The maximum atomic E-state index is 12.3. The monoisotopic (exact) mass is 319 g/mol. The van der Waals surface area contributed by atoms with Crippen LogP contribution in [0.25, 0.3) is 6.08 Å². The molecule has 0 unspecified atom stereocenters. The summed E-state index contributed by atoms with van der Waals surface area (Å²) in [7, 11) is 0. The number of amides is 2. The number of ether oxygens (including phenoxy) is 1. The van der Waals surface area contributed by atoms with E-state index in [9.17, 15) is 14.4 Å². The SMILES string of the molecule is Cc1ccccc1/C=C1/SC(=O)N(CC(=O)OC(C)C)C1=O. The number of nitrogens with zero attached hydrogens (tertiary/aromatic N) is 1. The van der Waals surface area contributed by atoms with Crippen molar-refractivity contribution in [1.82, 2.24) is 4.90 Å². The van der Waals surface area contributed by atoms with Gasteiger partial charge < -0.3 is 4.74 Å². The van der Waals surface area contributed by atoms with Gasteiger partial charge in [-0.2, -0.15) is 0 Å². The predicted molar refractivity (Wildman–Crippen MR) is 85.1 cm³/mol. The normalized spacial score (nSPS) is 16.7. The molecule has 1 fully saturated rings. The number of hydrogen-bond donors (Lipinski definition) is 0. The largest absolute Gasteiger partial charge is 0.462 e. The molecule has 5 nitrogen and oxygen atoms in total. The molecule has 0 spiro atoms. The summed E-state index contributed by atoms with van der Waals surface area (Å²) >= 11 is 0.837. The van der Waals surface area contributed by atoms with Crippen molar-refractivity contribution >= 4 is 35.0 Å². The summed E-state index contributed by atoms with van der Waals surface area (Å²) in [6.45, 7) is 5.00. The molecule has 0 aliphatic carbocycles. The fraction of sp³-hybridized carbons (Fsp3) is 0.312. The summed E-state index contributed by atoms with van der Waals surface area (Å²) in [5, 5.41) is -0.453. The number of aryl methyl sites for hydroxylation is 1. The molecule has 2 amide bonds. The van der Waals surface area contributed by atoms with Gasteiger partial charge in [0.05, 0.1) is 11.0 Å². The van der Waals surface area contributed by atoms with E-state index >= 15 is 0 Å². The molecular weight excluding hydrogens is 302 g/mol. The maximum Gasteiger partial charge on any atom is 0.326 e. The molecule has 2 rings (SSSR count). The Kier molecular flexibility index (Phi) is 5.03. The maximum absolute atomic E-state index is 12.3. The lowest BCUT2D eigenvalue weighted by molar-refractivity contribution is -0.149. The minimum atomic E-state index is -0.588. The second kappa shape index (κ2) is 6.79. The second-order valence-corrected chi connectivity index (χ2v) is 6.16. The average Bonchev–Trinajstić information content (AvgIpc) is 2.68. The van der Waals surface area contributed by atoms with Gasteiger partial charge in [0.15, 0.2) is 0 Å². The first-order chi connectivity index (χ1) is 10.4. The number of hydrogen-bond acceptors (Lipinski definition) is 5. The molecule has 0 saturated carbocycles. The van der Waals surface area contributed by atoms with E-state index in [-0.39, 0.29) is 12.6 Å². The van der Waals surface area contributed by atoms with Gasteiger partial charge in [-0.05, 0) is 49.7 Å². The molecule has 1 aliphatic heterocycles. The Morgan fingerprint density at radius 3 is 2.64 bits per heavy atom. The van der Waals surface area contributed by atoms with Crippen molar-refractivity contribution in [3.63, 3.8) is 0 Å². The molecule has 0 radical (unpaired) electrons. The van der Waals surface area contributed by atoms with Crippen molar-refractivity contribution in [3.05, 3.63) is 40.3 Å². The topological polar surface area (TPSA) is 63.7 Å². The van der Waals surface area contributed by atoms with Crippen LogP contribution < -0.4 is 0 Å². The molecule has 1 aliphatic rings. The van der Waals surface area contributed by atoms with Gasteiger partial charge in [-0.3, -0.25) is 19.3 Å². The molecule has 0 bridgehead atoms. The Morgan fingerprint density at radius 1 is 1.32 bits per heavy atom. The van der Waals surface area contributed by atoms with Crippen molar-refractivity contribution in [2.45, 2.75) is 26.9 Å². The molecule has 116 valence electrons. The quantitative estimate of drug-likeness (QED) is 0.630. The van der Waals surface area contributed by atoms with Crippen LogP contribution in [0.3, 0.4) is 0 Å². The van der Waals surface area contributed by atoms with Gasteiger partial charge in [0.2, 0.25) is 0 Å². The molecule has 6 heteroatoms. The average molecular weight is 319 g/mol. The molecule has 1 saturated heterocycles. The van der Waals surface area contributed by atoms with E-state index in [1.165, 1.54) is 0 Å². The molecule has 22 heavy (non-hydrogen) atoms. The molecule has 1 aromatic rings. The molecule has 1 heterocycles. The molecule has 0 N–H and O–H groups in total. The van der Waals surface area contributed by atoms with E-state index in [1.807, 2.05) is 31.2 Å². The zero-order valence-corrected chi connectivity index (χ0v) is 13.5. The van der Waals surface area contributed by atoms with Crippen LogP contribution in [0.4, 0.5) is 4.79 Å². The van der Waals surface area contributed by atoms with Crippen LogP contribution in [-0.4, -0.2) is 34.7 Å². The van der Waals surface area contributed by atoms with Gasteiger partial charge in [-0.25, -0.2) is 0 Å². The highest BCUT2D eigenvalue weighted by molar-refractivity contribution is 8.18. The number of carbonyl (C=O) groups is 3. The Balaban J connectivity index is 2.15. The minimum Gasteiger partial charge on any atom is -0.462 e. The summed E-state index contributed by atoms with van der Waals surface area (Å²) in [4.78, 5) is 37.0. The summed E-state index contributed by atoms with van der Waals surface area (Å²) in [6, 6.07) is 7.57. The van der Waals surface area contributed by atoms with Crippen molar-refractivity contribution < 1.29 is 19.1 Å². The summed E-state index contributed by atoms with van der Waals surface area (Å²) in [5.41, 5.74) is 1.88. The first-order valence-electron chi connectivity index (χ1n) is 6.89. The van der Waals surface area contributed by atoms with Gasteiger partial charge in [0.25, 0.3) is 11.1 Å². The lowest BCUT2D eigenvalue weighted by Crippen LogP contribution is -2.35. The Bertz CT molecular complexity index is 651. The lowest BCUT2D eigenvalue weighted by atomic mass is 10.1. The van der Waals surface area contributed by atoms with Gasteiger partial charge in [-0.15, -0.1) is 0 Å². The highest BCUT2D eigenvalue weighted by Gasteiger charge is 2.36. The van der Waals surface area contributed by atoms with E-state index in [0.717, 1.165) is 27.8 Å². The van der Waals surface area contributed by atoms with Crippen LogP contribution in [0.15, 0.2) is 29.2 Å². The van der Waals surface area contributed by atoms with Crippen LogP contribution in [0.1, 0.15) is 25.0 Å². The third-order valence-electron chi connectivity index (χ3n) is 3.00.